The van der Waals surface area contributed by atoms with Gasteiger partial charge in [-0.15, -0.1) is 0 Å². The Morgan fingerprint density at radius 3 is 2.53 bits per heavy atom. The molecule has 1 saturated carbocycles. The van der Waals surface area contributed by atoms with Crippen LogP contribution in [0.1, 0.15) is 49.8 Å². The summed E-state index contributed by atoms with van der Waals surface area (Å²) in [4.78, 5) is 0. The molecule has 0 amide bonds. The van der Waals surface area contributed by atoms with Crippen LogP contribution in [0.15, 0.2) is 12.1 Å². The number of methoxy groups -OCH3 is 1. The molecule has 0 aliphatic heterocycles. The van der Waals surface area contributed by atoms with Gasteiger partial charge in [-0.2, -0.15) is 0 Å². The highest BCUT2D eigenvalue weighted by atomic mass is 16.5. The molecule has 106 valence electrons. The molecule has 0 radical (unpaired) electrons. The number of ether oxygens (including phenoxy) is 1. The van der Waals surface area contributed by atoms with Crippen molar-refractivity contribution in [1.82, 2.24) is 0 Å². The van der Waals surface area contributed by atoms with E-state index in [1.807, 2.05) is 6.92 Å². The van der Waals surface area contributed by atoms with Crippen LogP contribution in [0.5, 0.6) is 5.75 Å². The van der Waals surface area contributed by atoms with Gasteiger partial charge in [0.05, 0.1) is 12.7 Å². The topological polar surface area (TPSA) is 29.5 Å². The van der Waals surface area contributed by atoms with Crippen molar-refractivity contribution in [2.75, 3.05) is 7.11 Å². The van der Waals surface area contributed by atoms with E-state index >= 15 is 0 Å². The van der Waals surface area contributed by atoms with E-state index in [1.54, 1.807) is 7.11 Å². The molecule has 0 saturated heterocycles. The van der Waals surface area contributed by atoms with Crippen LogP contribution in [0.4, 0.5) is 0 Å². The number of hydrogen-bond donors (Lipinski definition) is 1. The highest BCUT2D eigenvalue weighted by Gasteiger charge is 2.42. The molecule has 1 fully saturated rings. The van der Waals surface area contributed by atoms with Gasteiger partial charge in [-0.05, 0) is 67.3 Å². The van der Waals surface area contributed by atoms with Gasteiger partial charge in [0.15, 0.2) is 0 Å². The first-order chi connectivity index (χ1) is 8.90. The first-order valence-electron chi connectivity index (χ1n) is 7.28. The summed E-state index contributed by atoms with van der Waals surface area (Å²) in [6.45, 7) is 8.55. The molecule has 1 aromatic carbocycles. The maximum absolute atomic E-state index is 11.2. The van der Waals surface area contributed by atoms with Crippen molar-refractivity contribution in [3.63, 3.8) is 0 Å². The van der Waals surface area contributed by atoms with Crippen LogP contribution in [-0.4, -0.2) is 12.2 Å². The number of aliphatic hydroxyl groups is 1. The fourth-order valence-electron chi connectivity index (χ4n) is 3.50. The Balaban J connectivity index is 2.48. The minimum Gasteiger partial charge on any atom is -0.496 e. The third-order valence-electron chi connectivity index (χ3n) is 5.03. The van der Waals surface area contributed by atoms with E-state index in [2.05, 4.69) is 32.9 Å². The lowest BCUT2D eigenvalue weighted by Crippen LogP contribution is -2.41. The Bertz CT molecular complexity index is 467. The largest absolute Gasteiger partial charge is 0.496 e. The molecule has 0 aromatic heterocycles. The van der Waals surface area contributed by atoms with Gasteiger partial charge in [0.2, 0.25) is 0 Å². The van der Waals surface area contributed by atoms with Crippen molar-refractivity contribution in [2.24, 2.45) is 11.8 Å². The number of aryl methyl sites for hydroxylation is 2. The molecular formula is C17H26O2. The van der Waals surface area contributed by atoms with Crippen LogP contribution in [0.2, 0.25) is 0 Å². The Morgan fingerprint density at radius 1 is 1.21 bits per heavy atom. The zero-order valence-corrected chi connectivity index (χ0v) is 12.8. The molecule has 1 aliphatic carbocycles. The predicted molar refractivity (Wildman–Crippen MR) is 78.5 cm³/mol. The maximum atomic E-state index is 11.2. The lowest BCUT2D eigenvalue weighted by molar-refractivity contribution is -0.0693. The van der Waals surface area contributed by atoms with E-state index in [-0.39, 0.29) is 0 Å². The lowest BCUT2D eigenvalue weighted by Gasteiger charge is -2.43. The predicted octanol–water partition coefficient (Wildman–Crippen LogP) is 3.96. The van der Waals surface area contributed by atoms with Crippen molar-refractivity contribution in [1.29, 1.82) is 0 Å². The van der Waals surface area contributed by atoms with Crippen molar-refractivity contribution >= 4 is 0 Å². The van der Waals surface area contributed by atoms with Gasteiger partial charge in [-0.25, -0.2) is 0 Å². The molecule has 2 rings (SSSR count). The Labute approximate surface area is 116 Å². The molecular weight excluding hydrogens is 236 g/mol. The van der Waals surface area contributed by atoms with Gasteiger partial charge in [-0.3, -0.25) is 0 Å². The Hall–Kier alpha value is -1.02. The summed E-state index contributed by atoms with van der Waals surface area (Å²) in [5, 5.41) is 11.2. The van der Waals surface area contributed by atoms with Crippen molar-refractivity contribution < 1.29 is 9.84 Å². The minimum atomic E-state index is -0.682. The molecule has 3 atom stereocenters. The molecule has 1 N–H and O–H groups in total. The first kappa shape index (κ1) is 14.4. The summed E-state index contributed by atoms with van der Waals surface area (Å²) in [6.07, 6.45) is 3.19. The average Bonchev–Trinajstić information content (AvgIpc) is 2.38. The van der Waals surface area contributed by atoms with Crippen LogP contribution in [0.25, 0.3) is 0 Å². The molecule has 0 bridgehead atoms. The zero-order valence-electron chi connectivity index (χ0n) is 12.8. The maximum Gasteiger partial charge on any atom is 0.122 e. The summed E-state index contributed by atoms with van der Waals surface area (Å²) < 4.78 is 5.37. The fourth-order valence-corrected chi connectivity index (χ4v) is 3.50. The van der Waals surface area contributed by atoms with Gasteiger partial charge in [0, 0.05) is 0 Å². The summed E-state index contributed by atoms with van der Waals surface area (Å²) in [5.41, 5.74) is 2.64. The summed E-state index contributed by atoms with van der Waals surface area (Å²) >= 11 is 0. The van der Waals surface area contributed by atoms with E-state index in [9.17, 15) is 5.11 Å². The molecule has 19 heavy (non-hydrogen) atoms. The highest BCUT2D eigenvalue weighted by Crippen LogP contribution is 2.46. The molecule has 2 nitrogen and oxygen atoms in total. The third kappa shape index (κ3) is 2.38. The lowest BCUT2D eigenvalue weighted by atomic mass is 9.66. The standard InChI is InChI=1S/C17H26O2/c1-11-7-6-8-17(18,14(11)4)15-9-13(3)16(19-5)10-12(15)2/h9-11,14,18H,6-8H2,1-5H3. The highest BCUT2D eigenvalue weighted by molar-refractivity contribution is 5.44. The monoisotopic (exact) mass is 262 g/mol. The molecule has 3 unspecified atom stereocenters. The SMILES string of the molecule is COc1cc(C)c(C2(O)CCCC(C)C2C)cc1C. The van der Waals surface area contributed by atoms with Crippen molar-refractivity contribution in [3.05, 3.63) is 28.8 Å². The molecule has 0 spiro atoms. The van der Waals surface area contributed by atoms with Gasteiger partial charge in [-0.1, -0.05) is 20.3 Å². The number of rotatable bonds is 2. The van der Waals surface area contributed by atoms with E-state index in [0.717, 1.165) is 35.3 Å². The van der Waals surface area contributed by atoms with E-state index in [4.69, 9.17) is 4.74 Å². The van der Waals surface area contributed by atoms with Crippen LogP contribution >= 0.6 is 0 Å². The number of hydrogen-bond acceptors (Lipinski definition) is 2. The minimum absolute atomic E-state index is 0.299. The average molecular weight is 262 g/mol. The summed E-state index contributed by atoms with van der Waals surface area (Å²) in [5.74, 6) is 1.77. The normalized spacial score (nSPS) is 31.3. The Morgan fingerprint density at radius 2 is 1.89 bits per heavy atom. The molecule has 0 heterocycles. The first-order valence-corrected chi connectivity index (χ1v) is 7.28. The van der Waals surface area contributed by atoms with Crippen LogP contribution in [0, 0.1) is 25.7 Å². The fraction of sp³-hybridized carbons (Fsp3) is 0.647. The number of benzene rings is 1. The van der Waals surface area contributed by atoms with Gasteiger partial charge in [0.1, 0.15) is 5.75 Å². The van der Waals surface area contributed by atoms with Crippen LogP contribution in [0.3, 0.4) is 0 Å². The summed E-state index contributed by atoms with van der Waals surface area (Å²) in [7, 11) is 1.70. The summed E-state index contributed by atoms with van der Waals surface area (Å²) in [6, 6.07) is 4.16. The molecule has 1 aliphatic rings. The van der Waals surface area contributed by atoms with E-state index in [1.165, 1.54) is 6.42 Å². The van der Waals surface area contributed by atoms with E-state index in [0.29, 0.717) is 11.8 Å². The quantitative estimate of drug-likeness (QED) is 0.874. The smallest absolute Gasteiger partial charge is 0.122 e. The molecule has 1 aromatic rings. The second-order valence-electron chi connectivity index (χ2n) is 6.22. The second-order valence-corrected chi connectivity index (χ2v) is 6.22. The van der Waals surface area contributed by atoms with Gasteiger partial charge in [0.25, 0.3) is 0 Å². The third-order valence-corrected chi connectivity index (χ3v) is 5.03. The van der Waals surface area contributed by atoms with Crippen molar-refractivity contribution in [3.8, 4) is 5.75 Å². The van der Waals surface area contributed by atoms with E-state index < -0.39 is 5.60 Å². The van der Waals surface area contributed by atoms with Crippen LogP contribution < -0.4 is 4.74 Å². The van der Waals surface area contributed by atoms with Gasteiger partial charge >= 0.3 is 0 Å². The second kappa shape index (κ2) is 5.16. The van der Waals surface area contributed by atoms with Crippen LogP contribution in [-0.2, 0) is 5.60 Å². The van der Waals surface area contributed by atoms with Crippen molar-refractivity contribution in [2.45, 2.75) is 52.6 Å². The Kier molecular flexibility index (Phi) is 3.91. The molecule has 2 heteroatoms. The van der Waals surface area contributed by atoms with Gasteiger partial charge < -0.3 is 9.84 Å². The zero-order chi connectivity index (χ0) is 14.2.